The van der Waals surface area contributed by atoms with Gasteiger partial charge in [-0.05, 0) is 36.1 Å². The molecule has 112 valence electrons. The average Bonchev–Trinajstić information content (AvgIpc) is 2.41. The van der Waals surface area contributed by atoms with E-state index in [0.717, 1.165) is 0 Å². The summed E-state index contributed by atoms with van der Waals surface area (Å²) in [5.74, 6) is -0.199. The monoisotopic (exact) mass is 283 g/mol. The summed E-state index contributed by atoms with van der Waals surface area (Å²) < 4.78 is 13.5. The maximum absolute atomic E-state index is 13.5. The van der Waals surface area contributed by atoms with Gasteiger partial charge in [-0.25, -0.2) is 4.39 Å². The zero-order chi connectivity index (χ0) is 15.1. The molecule has 0 aliphatic rings. The summed E-state index contributed by atoms with van der Waals surface area (Å²) in [4.78, 5) is 0. The third-order valence-corrected chi connectivity index (χ3v) is 3.17. The number of amidine groups is 1. The lowest BCUT2D eigenvalue weighted by molar-refractivity contribution is 0.244. The van der Waals surface area contributed by atoms with Crippen molar-refractivity contribution in [2.75, 3.05) is 6.61 Å². The number of oxime groups is 1. The Hall–Kier alpha value is -1.66. The van der Waals surface area contributed by atoms with Crippen LogP contribution in [0.4, 0.5) is 4.39 Å². The van der Waals surface area contributed by atoms with Crippen LogP contribution >= 0.6 is 0 Å². The lowest BCUT2D eigenvalue weighted by Gasteiger charge is -2.21. The van der Waals surface area contributed by atoms with Crippen molar-refractivity contribution in [2.24, 2.45) is 16.8 Å². The maximum atomic E-state index is 13.5. The summed E-state index contributed by atoms with van der Waals surface area (Å²) >= 11 is 0. The largest absolute Gasteiger partial charge is 0.409 e. The van der Waals surface area contributed by atoms with Gasteiger partial charge in [-0.1, -0.05) is 19.0 Å². The van der Waals surface area contributed by atoms with Crippen LogP contribution in [0.2, 0.25) is 0 Å². The molecule has 0 aliphatic heterocycles. The van der Waals surface area contributed by atoms with Crippen LogP contribution in [-0.4, -0.2) is 28.8 Å². The van der Waals surface area contributed by atoms with E-state index in [2.05, 4.69) is 24.3 Å². The maximum Gasteiger partial charge on any atom is 0.170 e. The highest BCUT2D eigenvalue weighted by molar-refractivity contribution is 5.97. The summed E-state index contributed by atoms with van der Waals surface area (Å²) in [7, 11) is 0. The molecule has 0 heterocycles. The fourth-order valence-electron chi connectivity index (χ4n) is 2.02. The lowest BCUT2D eigenvalue weighted by atomic mass is 10.0. The first kappa shape index (κ1) is 16.4. The highest BCUT2D eigenvalue weighted by atomic mass is 19.1. The van der Waals surface area contributed by atoms with Crippen LogP contribution in [0.1, 0.15) is 31.4 Å². The van der Waals surface area contributed by atoms with E-state index < -0.39 is 5.82 Å². The fraction of sp³-hybridized carbons (Fsp3) is 0.500. The molecular formula is C14H22FN3O2. The Morgan fingerprint density at radius 1 is 1.40 bits per heavy atom. The Labute approximate surface area is 118 Å². The van der Waals surface area contributed by atoms with Gasteiger partial charge in [0.15, 0.2) is 5.84 Å². The van der Waals surface area contributed by atoms with Gasteiger partial charge in [0.1, 0.15) is 5.82 Å². The van der Waals surface area contributed by atoms with Crippen molar-refractivity contribution in [3.8, 4) is 0 Å². The first-order chi connectivity index (χ1) is 9.47. The minimum Gasteiger partial charge on any atom is -0.409 e. The zero-order valence-electron chi connectivity index (χ0n) is 11.8. The smallest absolute Gasteiger partial charge is 0.170 e. The number of halogens is 1. The Morgan fingerprint density at radius 3 is 2.65 bits per heavy atom. The van der Waals surface area contributed by atoms with Gasteiger partial charge in [-0.15, -0.1) is 0 Å². The molecular weight excluding hydrogens is 261 g/mol. The van der Waals surface area contributed by atoms with E-state index in [1.165, 1.54) is 12.1 Å². The molecule has 0 amide bonds. The second kappa shape index (κ2) is 7.81. The van der Waals surface area contributed by atoms with Crippen molar-refractivity contribution >= 4 is 5.84 Å². The van der Waals surface area contributed by atoms with E-state index in [4.69, 9.17) is 16.0 Å². The molecule has 0 fully saturated rings. The van der Waals surface area contributed by atoms with E-state index >= 15 is 0 Å². The molecule has 0 aliphatic carbocycles. The fourth-order valence-corrected chi connectivity index (χ4v) is 2.02. The van der Waals surface area contributed by atoms with Gasteiger partial charge in [-0.2, -0.15) is 0 Å². The summed E-state index contributed by atoms with van der Waals surface area (Å²) in [5, 5.41) is 23.8. The molecule has 1 unspecified atom stereocenters. The van der Waals surface area contributed by atoms with Gasteiger partial charge in [-0.3, -0.25) is 0 Å². The topological polar surface area (TPSA) is 90.9 Å². The van der Waals surface area contributed by atoms with Gasteiger partial charge < -0.3 is 21.4 Å². The number of aliphatic hydroxyl groups excluding tert-OH is 1. The van der Waals surface area contributed by atoms with Gasteiger partial charge in [0, 0.05) is 24.8 Å². The van der Waals surface area contributed by atoms with E-state index in [0.29, 0.717) is 30.0 Å². The quantitative estimate of drug-likeness (QED) is 0.264. The zero-order valence-corrected chi connectivity index (χ0v) is 11.8. The Morgan fingerprint density at radius 2 is 2.10 bits per heavy atom. The molecule has 0 saturated heterocycles. The lowest BCUT2D eigenvalue weighted by Crippen LogP contribution is -2.34. The number of aliphatic hydroxyl groups is 1. The summed E-state index contributed by atoms with van der Waals surface area (Å²) in [5.41, 5.74) is 6.51. The molecule has 20 heavy (non-hydrogen) atoms. The molecule has 1 rings (SSSR count). The molecule has 6 heteroatoms. The normalized spacial score (nSPS) is 13.8. The third kappa shape index (κ3) is 4.79. The van der Waals surface area contributed by atoms with Gasteiger partial charge in [0.05, 0.1) is 0 Å². The first-order valence-corrected chi connectivity index (χ1v) is 6.59. The van der Waals surface area contributed by atoms with Crippen molar-refractivity contribution in [3.05, 3.63) is 35.1 Å². The minimum absolute atomic E-state index is 0.106. The second-order valence-corrected chi connectivity index (χ2v) is 5.08. The molecule has 0 saturated carbocycles. The van der Waals surface area contributed by atoms with Crippen LogP contribution in [0, 0.1) is 11.7 Å². The van der Waals surface area contributed by atoms with Crippen molar-refractivity contribution in [1.29, 1.82) is 0 Å². The standard InChI is InChI=1S/C14H22FN3O2/c1-9(2)13(3-4-19)17-8-10-5-11(14(16)18-20)7-12(15)6-10/h5-7,9,13,17,19-20H,3-4,8H2,1-2H3,(H2,16,18). The predicted octanol–water partition coefficient (Wildman–Crippen LogP) is 1.42. The van der Waals surface area contributed by atoms with Crippen LogP contribution in [0.5, 0.6) is 0 Å². The van der Waals surface area contributed by atoms with Crippen molar-refractivity contribution in [2.45, 2.75) is 32.9 Å². The number of nitrogens with zero attached hydrogens (tertiary/aromatic N) is 1. The van der Waals surface area contributed by atoms with E-state index in [-0.39, 0.29) is 18.5 Å². The summed E-state index contributed by atoms with van der Waals surface area (Å²) in [6.07, 6.45) is 0.639. The van der Waals surface area contributed by atoms with Crippen molar-refractivity contribution in [3.63, 3.8) is 0 Å². The summed E-state index contributed by atoms with van der Waals surface area (Å²) in [6.45, 7) is 4.67. The highest BCUT2D eigenvalue weighted by Gasteiger charge is 2.12. The Bertz CT molecular complexity index is 464. The van der Waals surface area contributed by atoms with Crippen LogP contribution in [0.25, 0.3) is 0 Å². The molecule has 0 radical (unpaired) electrons. The Kier molecular flexibility index (Phi) is 6.41. The SMILES string of the molecule is CC(C)C(CCO)NCc1cc(F)cc(/C(N)=N/O)c1. The van der Waals surface area contributed by atoms with E-state index in [1.54, 1.807) is 6.07 Å². The van der Waals surface area contributed by atoms with E-state index in [9.17, 15) is 4.39 Å². The summed E-state index contributed by atoms with van der Waals surface area (Å²) in [6, 6.07) is 4.43. The molecule has 5 nitrogen and oxygen atoms in total. The molecule has 1 aromatic carbocycles. The number of rotatable bonds is 7. The van der Waals surface area contributed by atoms with Gasteiger partial charge >= 0.3 is 0 Å². The molecule has 0 spiro atoms. The minimum atomic E-state index is -0.436. The van der Waals surface area contributed by atoms with Crippen LogP contribution < -0.4 is 11.1 Å². The molecule has 0 bridgehead atoms. The number of nitrogens with two attached hydrogens (primary N) is 1. The number of benzene rings is 1. The number of hydrogen-bond acceptors (Lipinski definition) is 4. The number of nitrogens with one attached hydrogen (secondary N) is 1. The van der Waals surface area contributed by atoms with Crippen LogP contribution in [0.3, 0.4) is 0 Å². The van der Waals surface area contributed by atoms with E-state index in [1.807, 2.05) is 0 Å². The average molecular weight is 283 g/mol. The van der Waals surface area contributed by atoms with Crippen LogP contribution in [-0.2, 0) is 6.54 Å². The first-order valence-electron chi connectivity index (χ1n) is 6.59. The van der Waals surface area contributed by atoms with Gasteiger partial charge in [0.25, 0.3) is 0 Å². The molecule has 5 N–H and O–H groups in total. The highest BCUT2D eigenvalue weighted by Crippen LogP contribution is 2.11. The van der Waals surface area contributed by atoms with Crippen molar-refractivity contribution < 1.29 is 14.7 Å². The molecule has 1 aromatic rings. The molecule has 1 atom stereocenters. The van der Waals surface area contributed by atoms with Crippen molar-refractivity contribution in [1.82, 2.24) is 5.32 Å². The molecule has 0 aromatic heterocycles. The number of hydrogen-bond donors (Lipinski definition) is 4. The van der Waals surface area contributed by atoms with Gasteiger partial charge in [0.2, 0.25) is 0 Å². The third-order valence-electron chi connectivity index (χ3n) is 3.17. The predicted molar refractivity (Wildman–Crippen MR) is 76.1 cm³/mol. The van der Waals surface area contributed by atoms with Crippen LogP contribution in [0.15, 0.2) is 23.4 Å². The Balaban J connectivity index is 2.79. The second-order valence-electron chi connectivity index (χ2n) is 5.08.